The van der Waals surface area contributed by atoms with E-state index in [0.29, 0.717) is 6.10 Å². The molecule has 98 valence electrons. The highest BCUT2D eigenvalue weighted by molar-refractivity contribution is 5.76. The first-order chi connectivity index (χ1) is 8.65. The monoisotopic (exact) mass is 249 g/mol. The van der Waals surface area contributed by atoms with Crippen molar-refractivity contribution in [1.82, 2.24) is 0 Å². The van der Waals surface area contributed by atoms with Gasteiger partial charge in [-0.2, -0.15) is 0 Å². The second-order valence-electron chi connectivity index (χ2n) is 4.75. The van der Waals surface area contributed by atoms with Gasteiger partial charge < -0.3 is 15.2 Å². The molecule has 1 aliphatic carbocycles. The Labute approximate surface area is 107 Å². The molecule has 0 heterocycles. The van der Waals surface area contributed by atoms with Crippen molar-refractivity contribution >= 4 is 11.7 Å². The molecular weight excluding hydrogens is 230 g/mol. The molecular formula is C14H19NO3. The van der Waals surface area contributed by atoms with Crippen molar-refractivity contribution < 1.29 is 14.6 Å². The third kappa shape index (κ3) is 3.39. The van der Waals surface area contributed by atoms with Crippen LogP contribution in [0.5, 0.6) is 5.75 Å². The lowest BCUT2D eigenvalue weighted by molar-refractivity contribution is -0.137. The van der Waals surface area contributed by atoms with Gasteiger partial charge in [-0.05, 0) is 56.9 Å². The number of ether oxygens (including phenoxy) is 1. The molecule has 1 aliphatic rings. The lowest BCUT2D eigenvalue weighted by atomic mass is 10.2. The summed E-state index contributed by atoms with van der Waals surface area (Å²) in [7, 11) is 0. The van der Waals surface area contributed by atoms with Gasteiger partial charge in [0.05, 0.1) is 6.10 Å². The first-order valence-corrected chi connectivity index (χ1v) is 6.41. The fourth-order valence-corrected chi connectivity index (χ4v) is 2.14. The van der Waals surface area contributed by atoms with Gasteiger partial charge in [-0.15, -0.1) is 0 Å². The zero-order chi connectivity index (χ0) is 13.0. The molecule has 1 saturated carbocycles. The van der Waals surface area contributed by atoms with Crippen molar-refractivity contribution in [2.24, 2.45) is 0 Å². The third-order valence-corrected chi connectivity index (χ3v) is 3.21. The summed E-state index contributed by atoms with van der Waals surface area (Å²) in [6.07, 6.45) is 5.12. The Morgan fingerprint density at radius 3 is 2.50 bits per heavy atom. The van der Waals surface area contributed by atoms with Crippen LogP contribution in [-0.2, 0) is 4.79 Å². The van der Waals surface area contributed by atoms with Crippen LogP contribution in [0.4, 0.5) is 5.69 Å². The zero-order valence-corrected chi connectivity index (χ0v) is 10.6. The molecule has 0 radical (unpaired) electrons. The minimum Gasteiger partial charge on any atom is -0.490 e. The summed E-state index contributed by atoms with van der Waals surface area (Å²) in [6, 6.07) is 6.88. The van der Waals surface area contributed by atoms with Crippen molar-refractivity contribution in [1.29, 1.82) is 0 Å². The number of aliphatic carboxylic acids is 1. The molecule has 1 aromatic carbocycles. The van der Waals surface area contributed by atoms with E-state index in [9.17, 15) is 4.79 Å². The molecule has 1 fully saturated rings. The summed E-state index contributed by atoms with van der Waals surface area (Å²) in [5.41, 5.74) is 0.795. The molecule has 4 nitrogen and oxygen atoms in total. The van der Waals surface area contributed by atoms with Gasteiger partial charge in [0.25, 0.3) is 0 Å². The summed E-state index contributed by atoms with van der Waals surface area (Å²) in [6.45, 7) is 1.62. The average molecular weight is 249 g/mol. The number of carboxylic acid groups (broad SMARTS) is 1. The summed E-state index contributed by atoms with van der Waals surface area (Å²) in [5.74, 6) is -0.00305. The summed E-state index contributed by atoms with van der Waals surface area (Å²) in [4.78, 5) is 10.7. The van der Waals surface area contributed by atoms with Gasteiger partial charge in [-0.1, -0.05) is 0 Å². The largest absolute Gasteiger partial charge is 0.490 e. The fourth-order valence-electron chi connectivity index (χ4n) is 2.14. The number of nitrogens with one attached hydrogen (secondary N) is 1. The Balaban J connectivity index is 1.90. The van der Waals surface area contributed by atoms with Crippen LogP contribution in [0.25, 0.3) is 0 Å². The molecule has 0 saturated heterocycles. The van der Waals surface area contributed by atoms with Crippen molar-refractivity contribution in [2.45, 2.75) is 44.8 Å². The van der Waals surface area contributed by atoms with Crippen molar-refractivity contribution in [3.63, 3.8) is 0 Å². The van der Waals surface area contributed by atoms with E-state index >= 15 is 0 Å². The molecule has 2 rings (SSSR count). The van der Waals surface area contributed by atoms with Crippen LogP contribution in [0.2, 0.25) is 0 Å². The van der Waals surface area contributed by atoms with Crippen LogP contribution in [0, 0.1) is 0 Å². The third-order valence-electron chi connectivity index (χ3n) is 3.21. The smallest absolute Gasteiger partial charge is 0.325 e. The van der Waals surface area contributed by atoms with E-state index in [2.05, 4.69) is 5.32 Å². The van der Waals surface area contributed by atoms with E-state index in [4.69, 9.17) is 9.84 Å². The zero-order valence-electron chi connectivity index (χ0n) is 10.6. The molecule has 0 aromatic heterocycles. The lowest BCUT2D eigenvalue weighted by Gasteiger charge is -2.14. The van der Waals surface area contributed by atoms with E-state index in [1.807, 2.05) is 24.3 Å². The van der Waals surface area contributed by atoms with Crippen molar-refractivity contribution in [3.05, 3.63) is 24.3 Å². The number of anilines is 1. The van der Waals surface area contributed by atoms with Gasteiger partial charge in [-0.3, -0.25) is 4.79 Å². The molecule has 0 spiro atoms. The number of carboxylic acids is 1. The molecule has 0 bridgehead atoms. The van der Waals surface area contributed by atoms with E-state index < -0.39 is 12.0 Å². The van der Waals surface area contributed by atoms with E-state index in [1.54, 1.807) is 6.92 Å². The van der Waals surface area contributed by atoms with E-state index in [-0.39, 0.29) is 0 Å². The topological polar surface area (TPSA) is 58.6 Å². The molecule has 0 aliphatic heterocycles. The number of rotatable bonds is 5. The van der Waals surface area contributed by atoms with Gasteiger partial charge in [0, 0.05) is 5.69 Å². The summed E-state index contributed by atoms with van der Waals surface area (Å²) < 4.78 is 5.84. The van der Waals surface area contributed by atoms with Crippen LogP contribution in [-0.4, -0.2) is 23.2 Å². The van der Waals surface area contributed by atoms with E-state index in [1.165, 1.54) is 12.8 Å². The first-order valence-electron chi connectivity index (χ1n) is 6.41. The summed E-state index contributed by atoms with van der Waals surface area (Å²) >= 11 is 0. The first kappa shape index (κ1) is 12.7. The predicted molar refractivity (Wildman–Crippen MR) is 70.0 cm³/mol. The van der Waals surface area contributed by atoms with Gasteiger partial charge in [-0.25, -0.2) is 0 Å². The molecule has 0 amide bonds. The average Bonchev–Trinajstić information content (AvgIpc) is 2.84. The molecule has 1 unspecified atom stereocenters. The highest BCUT2D eigenvalue weighted by atomic mass is 16.5. The Bertz CT molecular complexity index is 396. The fraction of sp³-hybridized carbons (Fsp3) is 0.500. The Morgan fingerprint density at radius 1 is 1.33 bits per heavy atom. The second-order valence-corrected chi connectivity index (χ2v) is 4.75. The normalized spacial score (nSPS) is 17.4. The number of benzene rings is 1. The van der Waals surface area contributed by atoms with Gasteiger partial charge in [0.2, 0.25) is 0 Å². The second kappa shape index (κ2) is 5.76. The maximum atomic E-state index is 10.7. The molecule has 2 N–H and O–H groups in total. The van der Waals surface area contributed by atoms with Crippen LogP contribution in [0.15, 0.2) is 24.3 Å². The number of carbonyl (C=O) groups is 1. The highest BCUT2D eigenvalue weighted by Gasteiger charge is 2.16. The predicted octanol–water partition coefficient (Wildman–Crippen LogP) is 2.89. The van der Waals surface area contributed by atoms with Crippen LogP contribution in [0.3, 0.4) is 0 Å². The standard InChI is InChI=1S/C14H19NO3/c1-10(14(16)17)15-11-6-8-13(9-7-11)18-12-4-2-3-5-12/h6-10,12,15H,2-5H2,1H3,(H,16,17). The van der Waals surface area contributed by atoms with Gasteiger partial charge >= 0.3 is 5.97 Å². The van der Waals surface area contributed by atoms with Gasteiger partial charge in [0.1, 0.15) is 11.8 Å². The lowest BCUT2D eigenvalue weighted by Crippen LogP contribution is -2.25. The quantitative estimate of drug-likeness (QED) is 0.842. The van der Waals surface area contributed by atoms with Crippen LogP contribution >= 0.6 is 0 Å². The Morgan fingerprint density at radius 2 is 1.94 bits per heavy atom. The maximum absolute atomic E-state index is 10.7. The Hall–Kier alpha value is -1.71. The van der Waals surface area contributed by atoms with E-state index in [0.717, 1.165) is 24.3 Å². The molecule has 4 heteroatoms. The molecule has 1 aromatic rings. The molecule has 1 atom stereocenters. The van der Waals surface area contributed by atoms with Crippen molar-refractivity contribution in [2.75, 3.05) is 5.32 Å². The van der Waals surface area contributed by atoms with Crippen molar-refractivity contribution in [3.8, 4) is 5.75 Å². The van der Waals surface area contributed by atoms with Gasteiger partial charge in [0.15, 0.2) is 0 Å². The highest BCUT2D eigenvalue weighted by Crippen LogP contribution is 2.25. The molecule has 18 heavy (non-hydrogen) atoms. The minimum atomic E-state index is -0.860. The maximum Gasteiger partial charge on any atom is 0.325 e. The summed E-state index contributed by atoms with van der Waals surface area (Å²) in [5, 5.41) is 11.7. The Kier molecular flexibility index (Phi) is 4.07. The SMILES string of the molecule is CC(Nc1ccc(OC2CCCC2)cc1)C(=O)O. The number of hydrogen-bond donors (Lipinski definition) is 2. The number of hydrogen-bond acceptors (Lipinski definition) is 3. The van der Waals surface area contributed by atoms with Crippen LogP contribution < -0.4 is 10.1 Å². The van der Waals surface area contributed by atoms with Crippen LogP contribution in [0.1, 0.15) is 32.6 Å². The minimum absolute atomic E-state index is 0.349.